The van der Waals surface area contributed by atoms with Crippen LogP contribution in [0.3, 0.4) is 0 Å². The summed E-state index contributed by atoms with van der Waals surface area (Å²) in [5, 5.41) is 19.4. The molecule has 2 aliphatic heterocycles. The number of hydrogen-bond donors (Lipinski definition) is 3. The van der Waals surface area contributed by atoms with E-state index in [4.69, 9.17) is 10.6 Å². The summed E-state index contributed by atoms with van der Waals surface area (Å²) in [6.07, 6.45) is 5.85. The van der Waals surface area contributed by atoms with E-state index in [0.717, 1.165) is 16.9 Å². The van der Waals surface area contributed by atoms with Crippen LogP contribution in [0.5, 0.6) is 0 Å². The van der Waals surface area contributed by atoms with Gasteiger partial charge in [0.05, 0.1) is 0 Å². The van der Waals surface area contributed by atoms with Crippen molar-refractivity contribution < 1.29 is 24.3 Å². The Hall–Kier alpha value is -3.36. The summed E-state index contributed by atoms with van der Waals surface area (Å²) in [4.78, 5) is 53.1. The van der Waals surface area contributed by atoms with Crippen molar-refractivity contribution in [2.24, 2.45) is 5.16 Å². The number of nitrogens with zero attached hydrogens (tertiary/aromatic N) is 4. The van der Waals surface area contributed by atoms with E-state index < -0.39 is 29.2 Å². The highest BCUT2D eigenvalue weighted by Gasteiger charge is 2.54. The number of carboxylic acid groups (broad SMARTS) is 1. The summed E-state index contributed by atoms with van der Waals surface area (Å²) in [5.41, 5.74) is 6.61. The van der Waals surface area contributed by atoms with Crippen LogP contribution >= 0.6 is 34.9 Å². The normalized spacial score (nSPS) is 19.8. The molecule has 1 fully saturated rings. The van der Waals surface area contributed by atoms with Gasteiger partial charge in [0.25, 0.3) is 11.8 Å². The van der Waals surface area contributed by atoms with Gasteiger partial charge in [-0.15, -0.1) is 23.1 Å². The summed E-state index contributed by atoms with van der Waals surface area (Å²) in [6.45, 7) is 2.19. The van der Waals surface area contributed by atoms with E-state index >= 15 is 0 Å². The minimum Gasteiger partial charge on any atom is -0.477 e. The summed E-state index contributed by atoms with van der Waals surface area (Å²) >= 11 is 3.75. The quantitative estimate of drug-likeness (QED) is 0.175. The lowest BCUT2D eigenvalue weighted by atomic mass is 10.0. The second kappa shape index (κ2) is 11.6. The number of hydrogen-bond acceptors (Lipinski definition) is 11. The van der Waals surface area contributed by atoms with E-state index in [0.29, 0.717) is 23.7 Å². The van der Waals surface area contributed by atoms with Crippen molar-refractivity contribution in [3.8, 4) is 0 Å². The van der Waals surface area contributed by atoms with Gasteiger partial charge in [-0.05, 0) is 29.5 Å². The third-order valence-electron chi connectivity index (χ3n) is 5.01. The van der Waals surface area contributed by atoms with Gasteiger partial charge < -0.3 is 21.0 Å². The van der Waals surface area contributed by atoms with Crippen molar-refractivity contribution in [2.45, 2.75) is 24.8 Å². The number of thiazole rings is 1. The minimum atomic E-state index is -1.20. The highest BCUT2D eigenvalue weighted by molar-refractivity contribution is 8.08. The van der Waals surface area contributed by atoms with Crippen molar-refractivity contribution >= 4 is 69.6 Å². The Morgan fingerprint density at radius 3 is 2.97 bits per heavy atom. The molecule has 0 saturated carbocycles. The van der Waals surface area contributed by atoms with Crippen LogP contribution in [0.1, 0.15) is 24.6 Å². The first kappa shape index (κ1) is 25.7. The van der Waals surface area contributed by atoms with E-state index in [-0.39, 0.29) is 22.2 Å². The second-order valence-electron chi connectivity index (χ2n) is 7.49. The molecule has 0 aliphatic carbocycles. The number of fused-ring (bicyclic) bond motifs is 1. The number of nitrogen functional groups attached to an aromatic ring is 1. The molecular weight excluding hydrogens is 524 g/mol. The van der Waals surface area contributed by atoms with Gasteiger partial charge in [-0.3, -0.25) is 19.5 Å². The molecule has 11 nitrogen and oxygen atoms in total. The van der Waals surface area contributed by atoms with Crippen LogP contribution in [-0.4, -0.2) is 67.2 Å². The number of rotatable bonds is 10. The Bertz CT molecular complexity index is 1250. The molecule has 2 atom stereocenters. The molecule has 1 unspecified atom stereocenters. The molecule has 2 aliphatic rings. The molecule has 0 radical (unpaired) electrons. The lowest BCUT2D eigenvalue weighted by Crippen LogP contribution is -2.71. The van der Waals surface area contributed by atoms with Gasteiger partial charge in [0.1, 0.15) is 29.4 Å². The van der Waals surface area contributed by atoms with E-state index in [1.807, 2.05) is 19.1 Å². The average Bonchev–Trinajstić information content (AvgIpc) is 3.30. The lowest BCUT2D eigenvalue weighted by molar-refractivity contribution is -0.150. The third-order valence-corrected chi connectivity index (χ3v) is 8.04. The number of oxime groups is 1. The number of aromatic nitrogens is 2. The summed E-state index contributed by atoms with van der Waals surface area (Å²) in [6, 6.07) is 2.76. The summed E-state index contributed by atoms with van der Waals surface area (Å²) in [7, 11) is 0. The number of carbonyl (C=O) groups excluding carboxylic acids is 2. The Labute approximate surface area is 218 Å². The number of nitrogens with one attached hydrogen (secondary N) is 1. The maximum atomic E-state index is 13.0. The Balaban J connectivity index is 1.48. The number of β-lactam (4-membered cyclic amide) rings is 1. The molecule has 0 aromatic carbocycles. The van der Waals surface area contributed by atoms with E-state index in [1.165, 1.54) is 28.4 Å². The van der Waals surface area contributed by atoms with Crippen molar-refractivity contribution in [1.82, 2.24) is 20.2 Å². The van der Waals surface area contributed by atoms with Gasteiger partial charge in [0.15, 0.2) is 10.8 Å². The smallest absolute Gasteiger partial charge is 0.353 e. The molecule has 2 amide bonds. The van der Waals surface area contributed by atoms with Crippen LogP contribution in [0.2, 0.25) is 0 Å². The fourth-order valence-electron chi connectivity index (χ4n) is 3.36. The highest BCUT2D eigenvalue weighted by atomic mass is 32.2. The molecule has 1 saturated heterocycles. The van der Waals surface area contributed by atoms with Crippen molar-refractivity contribution in [2.75, 3.05) is 18.1 Å². The molecule has 188 valence electrons. The minimum absolute atomic E-state index is 0.0810. The molecular formula is C22H22N6O5S3. The molecule has 4 rings (SSSR count). The van der Waals surface area contributed by atoms with Gasteiger partial charge in [0.2, 0.25) is 0 Å². The number of nitrogens with two attached hydrogens (primary N) is 1. The number of anilines is 1. The van der Waals surface area contributed by atoms with E-state index in [2.05, 4.69) is 20.4 Å². The van der Waals surface area contributed by atoms with E-state index in [9.17, 15) is 19.5 Å². The van der Waals surface area contributed by atoms with Crippen LogP contribution < -0.4 is 11.1 Å². The largest absolute Gasteiger partial charge is 0.477 e. The predicted octanol–water partition coefficient (Wildman–Crippen LogP) is 2.35. The standard InChI is InChI=1S/C22H22N6O5S3/c1-2-7-33-27-15(13-10-36-22(23)25-13)18(29)26-16-19(30)28-17(21(31)32)14(11-35-20(16)28)34-8-5-12-4-3-6-24-9-12/h3-6,8-10,16,20H,2,7,11H2,1H3,(H2,23,25)(H,26,29)(H,31,32)/t16?,20-/m1/s1. The van der Waals surface area contributed by atoms with Gasteiger partial charge in [-0.1, -0.05) is 29.9 Å². The summed E-state index contributed by atoms with van der Waals surface area (Å²) < 4.78 is 0. The predicted molar refractivity (Wildman–Crippen MR) is 140 cm³/mol. The molecule has 14 heteroatoms. The third kappa shape index (κ3) is 5.55. The average molecular weight is 547 g/mol. The molecule has 4 heterocycles. The molecule has 0 spiro atoms. The number of amides is 2. The first-order chi connectivity index (χ1) is 17.4. The highest BCUT2D eigenvalue weighted by Crippen LogP contribution is 2.43. The Kier molecular flexibility index (Phi) is 8.28. The van der Waals surface area contributed by atoms with Crippen LogP contribution in [0, 0.1) is 0 Å². The molecule has 4 N–H and O–H groups in total. The molecule has 2 aromatic heterocycles. The first-order valence-corrected chi connectivity index (χ1v) is 13.6. The SMILES string of the molecule is CCCON=C(C(=O)NC1C(=O)N2C(C(=O)O)=C(SC=Cc3cccnc3)CS[C@H]12)c1csc(N)n1. The number of aliphatic carboxylic acids is 1. The van der Waals surface area contributed by atoms with Gasteiger partial charge in [0, 0.05) is 28.4 Å². The van der Waals surface area contributed by atoms with Gasteiger partial charge in [-0.2, -0.15) is 0 Å². The Morgan fingerprint density at radius 2 is 2.31 bits per heavy atom. The second-order valence-corrected chi connectivity index (χ2v) is 10.5. The fraction of sp³-hybridized carbons (Fsp3) is 0.273. The topological polar surface area (TPSA) is 160 Å². The van der Waals surface area contributed by atoms with Gasteiger partial charge in [-0.25, -0.2) is 9.78 Å². The molecule has 0 bridgehead atoms. The fourth-order valence-corrected chi connectivity index (χ4v) is 6.27. The van der Waals surface area contributed by atoms with Crippen LogP contribution in [-0.2, 0) is 19.2 Å². The van der Waals surface area contributed by atoms with Crippen molar-refractivity contribution in [3.63, 3.8) is 0 Å². The summed E-state index contributed by atoms with van der Waals surface area (Å²) in [5.74, 6) is -2.01. The lowest BCUT2D eigenvalue weighted by Gasteiger charge is -2.49. The number of pyridine rings is 1. The number of carbonyl (C=O) groups is 3. The van der Waals surface area contributed by atoms with E-state index in [1.54, 1.807) is 29.2 Å². The van der Waals surface area contributed by atoms with Gasteiger partial charge >= 0.3 is 5.97 Å². The van der Waals surface area contributed by atoms with Crippen molar-refractivity contribution in [1.29, 1.82) is 0 Å². The first-order valence-electron chi connectivity index (χ1n) is 10.8. The van der Waals surface area contributed by atoms with Crippen molar-refractivity contribution in [3.05, 3.63) is 57.2 Å². The zero-order valence-corrected chi connectivity index (χ0v) is 21.4. The maximum Gasteiger partial charge on any atom is 0.353 e. The van der Waals surface area contributed by atoms with Crippen LogP contribution in [0.4, 0.5) is 5.13 Å². The number of thioether (sulfide) groups is 2. The van der Waals surface area contributed by atoms with Crippen LogP contribution in [0.15, 0.2) is 51.1 Å². The molecule has 2 aromatic rings. The Morgan fingerprint density at radius 1 is 1.47 bits per heavy atom. The molecule has 36 heavy (non-hydrogen) atoms. The number of carboxylic acids is 1. The zero-order chi connectivity index (χ0) is 25.7. The zero-order valence-electron chi connectivity index (χ0n) is 19.0. The monoisotopic (exact) mass is 546 g/mol. The maximum absolute atomic E-state index is 13.0. The van der Waals surface area contributed by atoms with Crippen LogP contribution in [0.25, 0.3) is 6.08 Å².